The zero-order valence-electron chi connectivity index (χ0n) is 13.2. The monoisotopic (exact) mass is 313 g/mol. The Hall–Kier alpha value is -2.20. The van der Waals surface area contributed by atoms with E-state index >= 15 is 0 Å². The lowest BCUT2D eigenvalue weighted by Gasteiger charge is -2.25. The van der Waals surface area contributed by atoms with Crippen molar-refractivity contribution < 1.29 is 13.9 Å². The van der Waals surface area contributed by atoms with Gasteiger partial charge < -0.3 is 9.64 Å². The van der Waals surface area contributed by atoms with E-state index in [4.69, 9.17) is 4.74 Å². The maximum atomic E-state index is 13.1. The van der Waals surface area contributed by atoms with E-state index in [2.05, 4.69) is 0 Å². The first kappa shape index (κ1) is 15.7. The minimum Gasteiger partial charge on any atom is -0.380 e. The lowest BCUT2D eigenvalue weighted by Crippen LogP contribution is -2.30. The second kappa shape index (κ2) is 6.92. The molecule has 0 radical (unpaired) electrons. The highest BCUT2D eigenvalue weighted by Crippen LogP contribution is 2.33. The van der Waals surface area contributed by atoms with Crippen LogP contribution in [0, 0.1) is 5.82 Å². The smallest absolute Gasteiger partial charge is 0.254 e. The first-order valence-electron chi connectivity index (χ1n) is 7.83. The molecule has 3 nitrogen and oxygen atoms in total. The number of carbonyl (C=O) groups excluding carboxylic acids is 1. The van der Waals surface area contributed by atoms with Gasteiger partial charge in [-0.25, -0.2) is 4.39 Å². The number of carbonyl (C=O) groups is 1. The molecule has 1 amide bonds. The summed E-state index contributed by atoms with van der Waals surface area (Å²) in [6.07, 6.45) is 1.88. The number of hydrogen-bond donors (Lipinski definition) is 0. The number of benzene rings is 2. The highest BCUT2D eigenvalue weighted by molar-refractivity contribution is 5.94. The molecule has 0 N–H and O–H groups in total. The van der Waals surface area contributed by atoms with Crippen LogP contribution in [-0.4, -0.2) is 24.5 Å². The van der Waals surface area contributed by atoms with Crippen molar-refractivity contribution in [1.29, 1.82) is 0 Å². The van der Waals surface area contributed by atoms with Crippen molar-refractivity contribution >= 4 is 5.91 Å². The quantitative estimate of drug-likeness (QED) is 0.855. The third-order valence-corrected chi connectivity index (χ3v) is 4.25. The Labute approximate surface area is 135 Å². The fourth-order valence-electron chi connectivity index (χ4n) is 3.17. The molecule has 1 atom stereocenters. The van der Waals surface area contributed by atoms with Crippen molar-refractivity contribution in [2.24, 2.45) is 0 Å². The largest absolute Gasteiger partial charge is 0.380 e. The van der Waals surface area contributed by atoms with E-state index in [1.54, 1.807) is 19.2 Å². The van der Waals surface area contributed by atoms with Gasteiger partial charge in [0.1, 0.15) is 5.82 Å². The van der Waals surface area contributed by atoms with Gasteiger partial charge in [0.15, 0.2) is 0 Å². The molecule has 1 saturated heterocycles. The van der Waals surface area contributed by atoms with Gasteiger partial charge in [-0.1, -0.05) is 24.3 Å². The highest BCUT2D eigenvalue weighted by atomic mass is 19.1. The Balaban J connectivity index is 1.83. The third kappa shape index (κ3) is 3.42. The number of likely N-dealkylation sites (tertiary alicyclic amines) is 1. The van der Waals surface area contributed by atoms with E-state index in [1.165, 1.54) is 12.1 Å². The summed E-state index contributed by atoms with van der Waals surface area (Å²) in [6, 6.07) is 14.0. The molecule has 0 saturated carbocycles. The van der Waals surface area contributed by atoms with E-state index in [9.17, 15) is 9.18 Å². The van der Waals surface area contributed by atoms with E-state index < -0.39 is 0 Å². The van der Waals surface area contributed by atoms with Crippen LogP contribution in [0.3, 0.4) is 0 Å². The van der Waals surface area contributed by atoms with Crippen molar-refractivity contribution in [3.63, 3.8) is 0 Å². The van der Waals surface area contributed by atoms with E-state index in [0.29, 0.717) is 12.2 Å². The molecule has 1 unspecified atom stereocenters. The van der Waals surface area contributed by atoms with Crippen LogP contribution in [0.1, 0.15) is 40.4 Å². The van der Waals surface area contributed by atoms with Gasteiger partial charge in [0, 0.05) is 19.2 Å². The number of ether oxygens (including phenoxy) is 1. The minimum absolute atomic E-state index is 0.0224. The van der Waals surface area contributed by atoms with Crippen molar-refractivity contribution in [3.05, 3.63) is 71.0 Å². The molecule has 120 valence electrons. The van der Waals surface area contributed by atoms with Gasteiger partial charge in [0.05, 0.1) is 12.6 Å². The number of amides is 1. The molecule has 0 aliphatic carbocycles. The zero-order valence-corrected chi connectivity index (χ0v) is 13.2. The highest BCUT2D eigenvalue weighted by Gasteiger charge is 2.30. The molecule has 3 rings (SSSR count). The summed E-state index contributed by atoms with van der Waals surface area (Å²) in [4.78, 5) is 14.8. The van der Waals surface area contributed by atoms with Crippen molar-refractivity contribution in [1.82, 2.24) is 4.90 Å². The average Bonchev–Trinajstić information content (AvgIpc) is 3.05. The molecule has 1 aliphatic heterocycles. The fourth-order valence-corrected chi connectivity index (χ4v) is 3.17. The van der Waals surface area contributed by atoms with Gasteiger partial charge in [-0.3, -0.25) is 4.79 Å². The van der Waals surface area contributed by atoms with Gasteiger partial charge >= 0.3 is 0 Å². The Kier molecular flexibility index (Phi) is 4.72. The van der Waals surface area contributed by atoms with Crippen molar-refractivity contribution in [2.75, 3.05) is 13.7 Å². The summed E-state index contributed by atoms with van der Waals surface area (Å²) in [5.74, 6) is -0.230. The number of halogens is 1. The molecule has 1 heterocycles. The molecular formula is C19H20FNO2. The number of methoxy groups -OCH3 is 1. The maximum absolute atomic E-state index is 13.1. The predicted molar refractivity (Wildman–Crippen MR) is 86.6 cm³/mol. The molecule has 2 aromatic rings. The SMILES string of the molecule is COCc1cccc(C(=O)N2CCCC2c2ccc(F)cc2)c1. The Morgan fingerprint density at radius 2 is 2.04 bits per heavy atom. The van der Waals surface area contributed by atoms with Crippen LogP contribution in [-0.2, 0) is 11.3 Å². The number of rotatable bonds is 4. The van der Waals surface area contributed by atoms with Crippen LogP contribution >= 0.6 is 0 Å². The summed E-state index contributed by atoms with van der Waals surface area (Å²) < 4.78 is 18.2. The maximum Gasteiger partial charge on any atom is 0.254 e. The summed E-state index contributed by atoms with van der Waals surface area (Å²) >= 11 is 0. The standard InChI is InChI=1S/C19H20FNO2/c1-23-13-14-4-2-5-16(12-14)19(22)21-11-3-6-18(21)15-7-9-17(20)10-8-15/h2,4-5,7-10,12,18H,3,6,11,13H2,1H3. The first-order valence-corrected chi connectivity index (χ1v) is 7.83. The van der Waals surface area contributed by atoms with Crippen LogP contribution in [0.15, 0.2) is 48.5 Å². The number of nitrogens with zero attached hydrogens (tertiary/aromatic N) is 1. The average molecular weight is 313 g/mol. The van der Waals surface area contributed by atoms with E-state index in [-0.39, 0.29) is 17.8 Å². The Morgan fingerprint density at radius 3 is 2.78 bits per heavy atom. The molecule has 0 aromatic heterocycles. The molecule has 0 bridgehead atoms. The Morgan fingerprint density at radius 1 is 1.26 bits per heavy atom. The fraction of sp³-hybridized carbons (Fsp3) is 0.316. The summed E-state index contributed by atoms with van der Waals surface area (Å²) in [6.45, 7) is 1.22. The second-order valence-electron chi connectivity index (χ2n) is 5.84. The van der Waals surface area contributed by atoms with E-state index in [0.717, 1.165) is 30.5 Å². The first-order chi connectivity index (χ1) is 11.2. The van der Waals surface area contributed by atoms with Crippen LogP contribution in [0.5, 0.6) is 0 Å². The number of hydrogen-bond acceptors (Lipinski definition) is 2. The van der Waals surface area contributed by atoms with Crippen LogP contribution in [0.25, 0.3) is 0 Å². The molecular weight excluding hydrogens is 293 g/mol. The van der Waals surface area contributed by atoms with Gasteiger partial charge in [0.2, 0.25) is 0 Å². The van der Waals surface area contributed by atoms with Crippen LogP contribution in [0.2, 0.25) is 0 Å². The Bertz CT molecular complexity index is 684. The molecule has 1 fully saturated rings. The minimum atomic E-state index is -0.253. The molecule has 4 heteroatoms. The van der Waals surface area contributed by atoms with Crippen LogP contribution < -0.4 is 0 Å². The lowest BCUT2D eigenvalue weighted by atomic mass is 10.0. The summed E-state index contributed by atoms with van der Waals surface area (Å²) in [5, 5.41) is 0. The zero-order chi connectivity index (χ0) is 16.2. The third-order valence-electron chi connectivity index (χ3n) is 4.25. The molecule has 2 aromatic carbocycles. The summed E-state index contributed by atoms with van der Waals surface area (Å²) in [5.41, 5.74) is 2.65. The van der Waals surface area contributed by atoms with Crippen molar-refractivity contribution in [3.8, 4) is 0 Å². The summed E-state index contributed by atoms with van der Waals surface area (Å²) in [7, 11) is 1.64. The van der Waals surface area contributed by atoms with E-state index in [1.807, 2.05) is 29.2 Å². The van der Waals surface area contributed by atoms with Gasteiger partial charge in [-0.2, -0.15) is 0 Å². The second-order valence-corrected chi connectivity index (χ2v) is 5.84. The lowest BCUT2D eigenvalue weighted by molar-refractivity contribution is 0.0735. The normalized spacial score (nSPS) is 17.5. The van der Waals surface area contributed by atoms with Gasteiger partial charge in [-0.05, 0) is 48.2 Å². The topological polar surface area (TPSA) is 29.5 Å². The molecule has 1 aliphatic rings. The van der Waals surface area contributed by atoms with Gasteiger partial charge in [0.25, 0.3) is 5.91 Å². The van der Waals surface area contributed by atoms with Crippen molar-refractivity contribution in [2.45, 2.75) is 25.5 Å². The van der Waals surface area contributed by atoms with Gasteiger partial charge in [-0.15, -0.1) is 0 Å². The molecule has 23 heavy (non-hydrogen) atoms. The van der Waals surface area contributed by atoms with Crippen LogP contribution in [0.4, 0.5) is 4.39 Å². The predicted octanol–water partition coefficient (Wildman–Crippen LogP) is 3.95. The molecule has 0 spiro atoms.